The molecule has 1 aromatic heterocycles. The molecule has 0 amide bonds. The molecule has 0 unspecified atom stereocenters. The molecule has 2 N–H and O–H groups in total. The SMILES string of the molecule is Nc1ccc(N2CCN(c3ccc(OC[C@@H]4CCO[C@@](Cn5ccnc5)(c5ccc(Cl)cc5Cl)O4)cc3)CC2)cc1. The normalized spacial score (nSPS) is 21.2. The minimum absolute atomic E-state index is 0.194. The van der Waals surface area contributed by atoms with Gasteiger partial charge in [0.05, 0.1) is 30.6 Å². The van der Waals surface area contributed by atoms with E-state index in [1.165, 1.54) is 11.4 Å². The van der Waals surface area contributed by atoms with Crippen LogP contribution < -0.4 is 20.3 Å². The molecule has 2 fully saturated rings. The van der Waals surface area contributed by atoms with Crippen molar-refractivity contribution in [2.75, 3.05) is 54.9 Å². The van der Waals surface area contributed by atoms with Crippen molar-refractivity contribution in [2.24, 2.45) is 0 Å². The van der Waals surface area contributed by atoms with E-state index in [1.54, 1.807) is 24.7 Å². The molecular formula is C31H33Cl2N5O3. The first kappa shape index (κ1) is 27.7. The monoisotopic (exact) mass is 593 g/mol. The highest BCUT2D eigenvalue weighted by Gasteiger charge is 2.42. The predicted molar refractivity (Wildman–Crippen MR) is 163 cm³/mol. The summed E-state index contributed by atoms with van der Waals surface area (Å²) in [5.41, 5.74) is 9.76. The second-order valence-corrected chi connectivity index (χ2v) is 11.2. The zero-order valence-corrected chi connectivity index (χ0v) is 24.2. The number of nitrogens with zero attached hydrogens (tertiary/aromatic N) is 4. The Morgan fingerprint density at radius 1 is 0.927 bits per heavy atom. The fourth-order valence-corrected chi connectivity index (χ4v) is 5.97. The van der Waals surface area contributed by atoms with Crippen LogP contribution in [-0.2, 0) is 21.8 Å². The molecule has 8 nitrogen and oxygen atoms in total. The van der Waals surface area contributed by atoms with Crippen LogP contribution in [-0.4, -0.2) is 55.0 Å². The van der Waals surface area contributed by atoms with E-state index in [9.17, 15) is 0 Å². The van der Waals surface area contributed by atoms with Crippen molar-refractivity contribution in [3.05, 3.63) is 101 Å². The quantitative estimate of drug-likeness (QED) is 0.257. The Morgan fingerprint density at radius 3 is 2.24 bits per heavy atom. The Bertz CT molecular complexity index is 1430. The second-order valence-electron chi connectivity index (χ2n) is 10.4. The van der Waals surface area contributed by atoms with Gasteiger partial charge in [0.2, 0.25) is 5.79 Å². The molecule has 10 heteroatoms. The number of imidazole rings is 1. The Balaban J connectivity index is 1.07. The van der Waals surface area contributed by atoms with Crippen LogP contribution in [0.15, 0.2) is 85.5 Å². The van der Waals surface area contributed by atoms with Crippen molar-refractivity contribution in [1.82, 2.24) is 9.55 Å². The van der Waals surface area contributed by atoms with E-state index in [-0.39, 0.29) is 6.10 Å². The minimum atomic E-state index is -1.09. The molecule has 2 atom stereocenters. The average Bonchev–Trinajstić information content (AvgIpc) is 3.50. The van der Waals surface area contributed by atoms with Gasteiger partial charge in [-0.3, -0.25) is 0 Å². The van der Waals surface area contributed by atoms with Gasteiger partial charge in [0, 0.05) is 72.6 Å². The molecule has 41 heavy (non-hydrogen) atoms. The van der Waals surface area contributed by atoms with Crippen LogP contribution in [0.25, 0.3) is 0 Å². The summed E-state index contributed by atoms with van der Waals surface area (Å²) < 4.78 is 21.0. The number of hydrogen-bond acceptors (Lipinski definition) is 7. The number of rotatable bonds is 8. The van der Waals surface area contributed by atoms with Crippen molar-refractivity contribution < 1.29 is 14.2 Å². The first-order chi connectivity index (χ1) is 20.0. The maximum Gasteiger partial charge on any atom is 0.215 e. The van der Waals surface area contributed by atoms with Crippen LogP contribution >= 0.6 is 23.2 Å². The predicted octanol–water partition coefficient (Wildman–Crippen LogP) is 5.84. The zero-order valence-electron chi connectivity index (χ0n) is 22.7. The van der Waals surface area contributed by atoms with Crippen LogP contribution in [0.3, 0.4) is 0 Å². The highest BCUT2D eigenvalue weighted by atomic mass is 35.5. The van der Waals surface area contributed by atoms with Gasteiger partial charge < -0.3 is 34.3 Å². The number of benzene rings is 3. The average molecular weight is 595 g/mol. The molecular weight excluding hydrogens is 561 g/mol. The zero-order chi connectivity index (χ0) is 28.2. The summed E-state index contributed by atoms with van der Waals surface area (Å²) in [5.74, 6) is -0.290. The van der Waals surface area contributed by atoms with Gasteiger partial charge in [-0.25, -0.2) is 4.98 Å². The fourth-order valence-electron chi connectivity index (χ4n) is 5.41. The third-order valence-electron chi connectivity index (χ3n) is 7.60. The lowest BCUT2D eigenvalue weighted by Gasteiger charge is -2.41. The third kappa shape index (κ3) is 6.41. The first-order valence-electron chi connectivity index (χ1n) is 13.8. The molecule has 0 saturated carbocycles. The van der Waals surface area contributed by atoms with E-state index in [0.717, 1.165) is 43.2 Å². The van der Waals surface area contributed by atoms with E-state index in [1.807, 2.05) is 41.1 Å². The van der Waals surface area contributed by atoms with Crippen molar-refractivity contribution in [1.29, 1.82) is 0 Å². The van der Waals surface area contributed by atoms with Gasteiger partial charge in [0.15, 0.2) is 0 Å². The number of aromatic nitrogens is 2. The molecule has 214 valence electrons. The lowest BCUT2D eigenvalue weighted by Crippen LogP contribution is -2.47. The van der Waals surface area contributed by atoms with Crippen LogP contribution in [0.4, 0.5) is 17.1 Å². The number of piperazine rings is 1. The second kappa shape index (κ2) is 12.2. The van der Waals surface area contributed by atoms with Gasteiger partial charge in [-0.1, -0.05) is 29.3 Å². The number of anilines is 3. The molecule has 2 aliphatic rings. The number of nitrogen functional groups attached to an aromatic ring is 1. The lowest BCUT2D eigenvalue weighted by molar-refractivity contribution is -0.312. The summed E-state index contributed by atoms with van der Waals surface area (Å²) in [7, 11) is 0. The smallest absolute Gasteiger partial charge is 0.215 e. The highest BCUT2D eigenvalue weighted by molar-refractivity contribution is 6.35. The largest absolute Gasteiger partial charge is 0.491 e. The third-order valence-corrected chi connectivity index (χ3v) is 8.15. The summed E-state index contributed by atoms with van der Waals surface area (Å²) in [6.07, 6.45) is 5.84. The summed E-state index contributed by atoms with van der Waals surface area (Å²) >= 11 is 12.8. The fraction of sp³-hybridized carbons (Fsp3) is 0.323. The van der Waals surface area contributed by atoms with Crippen LogP contribution in [0, 0.1) is 0 Å². The topological polar surface area (TPSA) is 78.0 Å². The molecule has 0 spiro atoms. The van der Waals surface area contributed by atoms with E-state index in [0.29, 0.717) is 36.2 Å². The Labute approximate surface area is 250 Å². The minimum Gasteiger partial charge on any atom is -0.491 e. The van der Waals surface area contributed by atoms with Crippen LogP contribution in [0.5, 0.6) is 5.75 Å². The standard InChI is InChI=1S/C31H33Cl2N5O3/c32-23-1-10-29(30(33)19-23)31(21-36-13-12-35-22-36)40-18-11-28(41-31)20-39-27-8-6-26(7-9-27)38-16-14-37(15-17-38)25-4-2-24(34)3-5-25/h1-10,12-13,19,22,28H,11,14-18,20-21,34H2/t28-,31+/m0/s1. The number of hydrogen-bond donors (Lipinski definition) is 1. The van der Waals surface area contributed by atoms with E-state index in [2.05, 4.69) is 39.0 Å². The van der Waals surface area contributed by atoms with Gasteiger partial charge in [-0.15, -0.1) is 0 Å². The van der Waals surface area contributed by atoms with Crippen LogP contribution in [0.2, 0.25) is 10.0 Å². The van der Waals surface area contributed by atoms with Crippen molar-refractivity contribution in [3.63, 3.8) is 0 Å². The molecule has 4 aromatic rings. The van der Waals surface area contributed by atoms with Gasteiger partial charge in [-0.05, 0) is 60.7 Å². The molecule has 0 aliphatic carbocycles. The van der Waals surface area contributed by atoms with E-state index >= 15 is 0 Å². The molecule has 2 saturated heterocycles. The van der Waals surface area contributed by atoms with Crippen molar-refractivity contribution in [3.8, 4) is 5.75 Å². The molecule has 2 aliphatic heterocycles. The van der Waals surface area contributed by atoms with Crippen molar-refractivity contribution >= 4 is 40.3 Å². The number of halogens is 2. The molecule has 6 rings (SSSR count). The summed E-state index contributed by atoms with van der Waals surface area (Å²) in [6, 6.07) is 21.7. The summed E-state index contributed by atoms with van der Waals surface area (Å²) in [5, 5.41) is 1.04. The first-order valence-corrected chi connectivity index (χ1v) is 14.5. The van der Waals surface area contributed by atoms with Crippen molar-refractivity contribution in [2.45, 2.75) is 24.9 Å². The van der Waals surface area contributed by atoms with E-state index < -0.39 is 5.79 Å². The molecule has 0 bridgehead atoms. The Hall–Kier alpha value is -3.43. The molecule has 3 heterocycles. The molecule has 3 aromatic carbocycles. The van der Waals surface area contributed by atoms with E-state index in [4.69, 9.17) is 43.1 Å². The maximum atomic E-state index is 6.63. The Kier molecular flexibility index (Phi) is 8.25. The number of nitrogens with two attached hydrogens (primary N) is 1. The van der Waals surface area contributed by atoms with Gasteiger partial charge in [-0.2, -0.15) is 0 Å². The van der Waals surface area contributed by atoms with Gasteiger partial charge in [0.1, 0.15) is 12.4 Å². The summed E-state index contributed by atoms with van der Waals surface area (Å²) in [6.45, 7) is 5.11. The Morgan fingerprint density at radius 2 is 1.61 bits per heavy atom. The summed E-state index contributed by atoms with van der Waals surface area (Å²) in [4.78, 5) is 8.96. The van der Waals surface area contributed by atoms with Gasteiger partial charge in [0.25, 0.3) is 0 Å². The highest BCUT2D eigenvalue weighted by Crippen LogP contribution is 2.40. The van der Waals surface area contributed by atoms with Gasteiger partial charge >= 0.3 is 0 Å². The molecule has 0 radical (unpaired) electrons. The van der Waals surface area contributed by atoms with Crippen LogP contribution in [0.1, 0.15) is 12.0 Å². The number of ether oxygens (including phenoxy) is 3. The maximum absolute atomic E-state index is 6.63. The lowest BCUT2D eigenvalue weighted by atomic mass is 10.0.